The van der Waals surface area contributed by atoms with Crippen molar-refractivity contribution in [2.45, 2.75) is 77.0 Å². The molecule has 2 fully saturated rings. The quantitative estimate of drug-likeness (QED) is 0.451. The molecule has 1 heterocycles. The van der Waals surface area contributed by atoms with Crippen LogP contribution in [-0.4, -0.2) is 36.5 Å². The Morgan fingerprint density at radius 1 is 1.03 bits per heavy atom. The number of piperidine rings is 1. The van der Waals surface area contributed by atoms with Crippen LogP contribution in [0.5, 0.6) is 0 Å². The summed E-state index contributed by atoms with van der Waals surface area (Å²) in [6.45, 7) is 7.29. The second kappa shape index (κ2) is 10.9. The maximum absolute atomic E-state index is 14.0. The Labute approximate surface area is 215 Å². The van der Waals surface area contributed by atoms with Crippen molar-refractivity contribution in [1.29, 1.82) is 5.26 Å². The van der Waals surface area contributed by atoms with Crippen molar-refractivity contribution in [2.75, 3.05) is 19.7 Å². The zero-order valence-corrected chi connectivity index (χ0v) is 21.9. The molecule has 0 aromatic heterocycles. The predicted molar refractivity (Wildman–Crippen MR) is 140 cm³/mol. The van der Waals surface area contributed by atoms with Crippen molar-refractivity contribution in [2.24, 2.45) is 5.41 Å². The van der Waals surface area contributed by atoms with Gasteiger partial charge in [-0.3, -0.25) is 9.59 Å². The highest BCUT2D eigenvalue weighted by Crippen LogP contribution is 2.50. The van der Waals surface area contributed by atoms with Crippen molar-refractivity contribution in [3.8, 4) is 6.07 Å². The number of hydrogen-bond donors (Lipinski definition) is 0. The number of likely N-dealkylation sites (tertiary alicyclic amines) is 1. The van der Waals surface area contributed by atoms with Gasteiger partial charge in [0.1, 0.15) is 0 Å². The molecule has 4 rings (SSSR count). The van der Waals surface area contributed by atoms with Crippen molar-refractivity contribution < 1.29 is 14.3 Å². The zero-order valence-electron chi connectivity index (χ0n) is 21.9. The molecule has 0 N–H and O–H groups in total. The molecule has 1 saturated heterocycles. The highest BCUT2D eigenvalue weighted by Gasteiger charge is 2.49. The Kier molecular flexibility index (Phi) is 7.83. The first-order valence-corrected chi connectivity index (χ1v) is 13.3. The molecule has 1 aliphatic heterocycles. The van der Waals surface area contributed by atoms with Crippen LogP contribution < -0.4 is 0 Å². The number of benzene rings is 2. The van der Waals surface area contributed by atoms with Crippen molar-refractivity contribution in [3.05, 3.63) is 70.8 Å². The number of carbonyl (C=O) groups excluding carboxylic acids is 2. The number of ether oxygens (including phenoxy) is 1. The summed E-state index contributed by atoms with van der Waals surface area (Å²) in [5, 5.41) is 10.4. The second-order valence-corrected chi connectivity index (χ2v) is 10.7. The van der Waals surface area contributed by atoms with E-state index in [1.165, 1.54) is 0 Å². The topological polar surface area (TPSA) is 70.4 Å². The van der Waals surface area contributed by atoms with Crippen LogP contribution in [0, 0.1) is 30.6 Å². The molecule has 2 aromatic carbocycles. The van der Waals surface area contributed by atoms with E-state index in [4.69, 9.17) is 4.74 Å². The summed E-state index contributed by atoms with van der Waals surface area (Å²) in [6, 6.07) is 19.0. The first-order chi connectivity index (χ1) is 17.3. The number of amides is 1. The maximum Gasteiger partial charge on any atom is 0.306 e. The molecule has 0 radical (unpaired) electrons. The molecule has 36 heavy (non-hydrogen) atoms. The van der Waals surface area contributed by atoms with E-state index in [-0.39, 0.29) is 18.3 Å². The largest absolute Gasteiger partial charge is 0.466 e. The van der Waals surface area contributed by atoms with Gasteiger partial charge in [-0.15, -0.1) is 0 Å². The minimum absolute atomic E-state index is 0.193. The van der Waals surface area contributed by atoms with Gasteiger partial charge in [0.05, 0.1) is 30.4 Å². The first-order valence-electron chi connectivity index (χ1n) is 13.3. The lowest BCUT2D eigenvalue weighted by atomic mass is 9.63. The van der Waals surface area contributed by atoms with Crippen LogP contribution in [0.3, 0.4) is 0 Å². The van der Waals surface area contributed by atoms with Gasteiger partial charge in [-0.25, -0.2) is 0 Å². The summed E-state index contributed by atoms with van der Waals surface area (Å²) in [5.74, 6) is -0.496. The second-order valence-electron chi connectivity index (χ2n) is 10.7. The summed E-state index contributed by atoms with van der Waals surface area (Å²) in [6.07, 6.45) is 5.28. The van der Waals surface area contributed by atoms with Crippen LogP contribution >= 0.6 is 0 Å². The number of nitrogens with zero attached hydrogens (tertiary/aromatic N) is 2. The van der Waals surface area contributed by atoms with Gasteiger partial charge in [0.2, 0.25) is 5.91 Å². The fraction of sp³-hybridized carbons (Fsp3) is 0.516. The number of aryl methyl sites for hydroxylation is 2. The Bertz CT molecular complexity index is 1120. The van der Waals surface area contributed by atoms with Gasteiger partial charge in [0.25, 0.3) is 0 Å². The minimum Gasteiger partial charge on any atom is -0.466 e. The van der Waals surface area contributed by atoms with Crippen LogP contribution in [0.1, 0.15) is 80.0 Å². The number of rotatable bonds is 7. The Hall–Kier alpha value is -3.13. The van der Waals surface area contributed by atoms with Gasteiger partial charge in [-0.05, 0) is 63.1 Å². The fourth-order valence-electron chi connectivity index (χ4n) is 6.49. The molecular weight excluding hydrogens is 448 g/mol. The Morgan fingerprint density at radius 3 is 2.31 bits per heavy atom. The van der Waals surface area contributed by atoms with Gasteiger partial charge in [-0.1, -0.05) is 66.9 Å². The lowest BCUT2D eigenvalue weighted by molar-refractivity contribution is -0.148. The molecule has 1 amide bonds. The normalized spacial score (nSPS) is 19.3. The van der Waals surface area contributed by atoms with Crippen LogP contribution in [0.4, 0.5) is 0 Å². The highest BCUT2D eigenvalue weighted by atomic mass is 16.5. The summed E-state index contributed by atoms with van der Waals surface area (Å²) >= 11 is 0. The van der Waals surface area contributed by atoms with Crippen LogP contribution in [-0.2, 0) is 19.7 Å². The van der Waals surface area contributed by atoms with Crippen molar-refractivity contribution in [3.63, 3.8) is 0 Å². The molecule has 0 bridgehead atoms. The molecule has 1 saturated carbocycles. The van der Waals surface area contributed by atoms with Gasteiger partial charge >= 0.3 is 5.97 Å². The van der Waals surface area contributed by atoms with Gasteiger partial charge in [0, 0.05) is 18.5 Å². The zero-order chi connectivity index (χ0) is 25.8. The summed E-state index contributed by atoms with van der Waals surface area (Å²) in [7, 11) is 0. The molecule has 1 atom stereocenters. The lowest BCUT2D eigenvalue weighted by Gasteiger charge is -2.46. The van der Waals surface area contributed by atoms with E-state index in [0.29, 0.717) is 32.5 Å². The van der Waals surface area contributed by atoms with Crippen LogP contribution in [0.2, 0.25) is 0 Å². The average molecular weight is 487 g/mol. The monoisotopic (exact) mass is 486 g/mol. The number of esters is 1. The van der Waals surface area contributed by atoms with E-state index in [0.717, 1.165) is 47.9 Å². The average Bonchev–Trinajstić information content (AvgIpc) is 3.38. The van der Waals surface area contributed by atoms with Crippen molar-refractivity contribution in [1.82, 2.24) is 4.90 Å². The molecule has 5 heteroatoms. The van der Waals surface area contributed by atoms with E-state index in [2.05, 4.69) is 36.4 Å². The van der Waals surface area contributed by atoms with E-state index in [1.54, 1.807) is 0 Å². The smallest absolute Gasteiger partial charge is 0.306 e. The third-order valence-electron chi connectivity index (χ3n) is 8.53. The fourth-order valence-corrected chi connectivity index (χ4v) is 6.49. The summed E-state index contributed by atoms with van der Waals surface area (Å²) in [4.78, 5) is 28.8. The first kappa shape index (κ1) is 25.9. The third kappa shape index (κ3) is 4.91. The number of carbonyl (C=O) groups is 2. The summed E-state index contributed by atoms with van der Waals surface area (Å²) in [5.41, 5.74) is 3.23. The van der Waals surface area contributed by atoms with E-state index >= 15 is 0 Å². The van der Waals surface area contributed by atoms with Gasteiger partial charge in [-0.2, -0.15) is 5.26 Å². The highest BCUT2D eigenvalue weighted by molar-refractivity contribution is 5.89. The molecule has 1 aliphatic carbocycles. The van der Waals surface area contributed by atoms with Gasteiger partial charge in [0.15, 0.2) is 0 Å². The molecule has 1 unspecified atom stereocenters. The molecule has 190 valence electrons. The summed E-state index contributed by atoms with van der Waals surface area (Å²) < 4.78 is 5.35. The van der Waals surface area contributed by atoms with Crippen LogP contribution in [0.25, 0.3) is 0 Å². The van der Waals surface area contributed by atoms with E-state index < -0.39 is 16.7 Å². The van der Waals surface area contributed by atoms with E-state index in [9.17, 15) is 14.9 Å². The molecule has 0 spiro atoms. The standard InChI is InChI=1S/C31H38N2O3/c1-4-36-28(34)21-30(27(22-32)26-20-23(2)12-13-24(26)3)16-18-33(19-17-30)29(35)31(14-8-9-15-31)25-10-6-5-7-11-25/h5-7,10-13,20,27H,4,8-9,14-19,21H2,1-3H3. The van der Waals surface area contributed by atoms with Gasteiger partial charge < -0.3 is 9.64 Å². The number of hydrogen-bond acceptors (Lipinski definition) is 4. The van der Waals surface area contributed by atoms with E-state index in [1.807, 2.05) is 43.9 Å². The molecule has 2 aromatic rings. The predicted octanol–water partition coefficient (Wildman–Crippen LogP) is 5.98. The minimum atomic E-state index is -0.564. The lowest BCUT2D eigenvalue weighted by Crippen LogP contribution is -2.52. The SMILES string of the molecule is CCOC(=O)CC1(C(C#N)c2cc(C)ccc2C)CCN(C(=O)C2(c3ccccc3)CCCC2)CC1. The molecular formula is C31H38N2O3. The maximum atomic E-state index is 14.0. The third-order valence-corrected chi connectivity index (χ3v) is 8.53. The number of nitriles is 1. The molecule has 2 aliphatic rings. The molecule has 5 nitrogen and oxygen atoms in total. The Balaban J connectivity index is 1.63. The Morgan fingerprint density at radius 2 is 1.69 bits per heavy atom. The van der Waals surface area contributed by atoms with Crippen LogP contribution in [0.15, 0.2) is 48.5 Å². The van der Waals surface area contributed by atoms with Crippen molar-refractivity contribution >= 4 is 11.9 Å².